The van der Waals surface area contributed by atoms with Crippen LogP contribution in [-0.4, -0.2) is 32.1 Å². The minimum atomic E-state index is 0.991. The molecular weight excluding hydrogens is 392 g/mol. The van der Waals surface area contributed by atoms with E-state index in [0.717, 1.165) is 22.5 Å². The second kappa shape index (κ2) is 12.5. The highest BCUT2D eigenvalue weighted by molar-refractivity contribution is 9.10. The van der Waals surface area contributed by atoms with Gasteiger partial charge in [0, 0.05) is 15.9 Å². The van der Waals surface area contributed by atoms with E-state index in [1.54, 1.807) is 0 Å². The molecule has 0 atom stereocenters. The van der Waals surface area contributed by atoms with E-state index in [0.29, 0.717) is 0 Å². The zero-order valence-corrected chi connectivity index (χ0v) is 18.3. The zero-order valence-electron chi connectivity index (χ0n) is 15.8. The quantitative estimate of drug-likeness (QED) is 0.453. The Morgan fingerprint density at radius 2 is 1.56 bits per heavy atom. The van der Waals surface area contributed by atoms with Crippen molar-refractivity contribution in [3.8, 4) is 0 Å². The largest absolute Gasteiger partial charge is 0.313 e. The van der Waals surface area contributed by atoms with E-state index in [1.165, 1.54) is 36.1 Å². The van der Waals surface area contributed by atoms with Gasteiger partial charge in [-0.05, 0) is 83.7 Å². The Labute approximate surface area is 167 Å². The molecule has 0 aliphatic carbocycles. The first-order valence-electron chi connectivity index (χ1n) is 8.74. The normalized spacial score (nSPS) is 10.5. The minimum Gasteiger partial charge on any atom is -0.313 e. The summed E-state index contributed by atoms with van der Waals surface area (Å²) in [6.45, 7) is 7.61. The van der Waals surface area contributed by atoms with Crippen LogP contribution in [0.25, 0.3) is 0 Å². The molecule has 0 saturated heterocycles. The molecular formula is C21H31BrN2S. The average Bonchev–Trinajstić information content (AvgIpc) is 2.53. The molecule has 0 saturated carbocycles. The standard InChI is InChI=1S/C15H26N2.C6H5BrS/c1-13-9-14(2)11-15(10-13)12-16-7-5-6-8-17(3)4;7-5-1-3-6(8)4-2-5/h9-11,16H,5-8,12H2,1-4H3;1-4,8H. The Kier molecular flexibility index (Phi) is 11.1. The average molecular weight is 423 g/mol. The SMILES string of the molecule is Cc1cc(C)cc(CNCCCCN(C)C)c1.Sc1ccc(Br)cc1. The van der Waals surface area contributed by atoms with Crippen molar-refractivity contribution in [2.45, 2.75) is 38.1 Å². The lowest BCUT2D eigenvalue weighted by Crippen LogP contribution is -2.18. The van der Waals surface area contributed by atoms with E-state index in [2.05, 4.69) is 84.9 Å². The number of aryl methyl sites for hydroxylation is 2. The molecule has 2 rings (SSSR count). The Morgan fingerprint density at radius 3 is 2.08 bits per heavy atom. The van der Waals surface area contributed by atoms with Crippen LogP contribution in [-0.2, 0) is 6.54 Å². The summed E-state index contributed by atoms with van der Waals surface area (Å²) in [5.41, 5.74) is 4.11. The van der Waals surface area contributed by atoms with Gasteiger partial charge >= 0.3 is 0 Å². The van der Waals surface area contributed by atoms with Gasteiger partial charge in [-0.1, -0.05) is 45.3 Å². The fraction of sp³-hybridized carbons (Fsp3) is 0.429. The van der Waals surface area contributed by atoms with Crippen molar-refractivity contribution in [1.82, 2.24) is 10.2 Å². The first kappa shape index (κ1) is 22.2. The van der Waals surface area contributed by atoms with Crippen LogP contribution in [0.1, 0.15) is 29.5 Å². The van der Waals surface area contributed by atoms with Crippen molar-refractivity contribution >= 4 is 28.6 Å². The Balaban J connectivity index is 0.000000324. The van der Waals surface area contributed by atoms with Crippen LogP contribution in [0, 0.1) is 13.8 Å². The fourth-order valence-corrected chi connectivity index (χ4v) is 2.94. The molecule has 0 aromatic heterocycles. The highest BCUT2D eigenvalue weighted by atomic mass is 79.9. The summed E-state index contributed by atoms with van der Waals surface area (Å²) < 4.78 is 1.09. The molecule has 0 aliphatic heterocycles. The van der Waals surface area contributed by atoms with E-state index >= 15 is 0 Å². The Morgan fingerprint density at radius 1 is 0.960 bits per heavy atom. The number of rotatable bonds is 7. The van der Waals surface area contributed by atoms with Gasteiger partial charge in [-0.15, -0.1) is 12.6 Å². The summed E-state index contributed by atoms with van der Waals surface area (Å²) >= 11 is 7.42. The van der Waals surface area contributed by atoms with E-state index in [9.17, 15) is 0 Å². The fourth-order valence-electron chi connectivity index (χ4n) is 2.52. The molecule has 4 heteroatoms. The third-order valence-corrected chi connectivity index (χ3v) is 4.47. The molecule has 0 aliphatic rings. The van der Waals surface area contributed by atoms with Gasteiger partial charge in [0.25, 0.3) is 0 Å². The van der Waals surface area contributed by atoms with Crippen LogP contribution in [0.2, 0.25) is 0 Å². The molecule has 0 radical (unpaired) electrons. The van der Waals surface area contributed by atoms with E-state index in [-0.39, 0.29) is 0 Å². The minimum absolute atomic E-state index is 0.991. The number of unbranched alkanes of at least 4 members (excludes halogenated alkanes) is 1. The van der Waals surface area contributed by atoms with Gasteiger partial charge in [0.15, 0.2) is 0 Å². The number of nitrogens with zero attached hydrogens (tertiary/aromatic N) is 1. The summed E-state index contributed by atoms with van der Waals surface area (Å²) in [6, 6.07) is 14.5. The molecule has 2 aromatic rings. The summed E-state index contributed by atoms with van der Waals surface area (Å²) in [6.07, 6.45) is 2.52. The predicted molar refractivity (Wildman–Crippen MR) is 117 cm³/mol. The predicted octanol–water partition coefficient (Wildman–Crippen LogP) is 5.47. The molecule has 0 unspecified atom stereocenters. The van der Waals surface area contributed by atoms with Crippen molar-refractivity contribution < 1.29 is 0 Å². The van der Waals surface area contributed by atoms with Crippen LogP contribution in [0.3, 0.4) is 0 Å². The molecule has 0 fully saturated rings. The Bertz CT molecular complexity index is 571. The molecule has 0 amide bonds. The summed E-state index contributed by atoms with van der Waals surface area (Å²) in [7, 11) is 4.26. The van der Waals surface area contributed by atoms with Crippen molar-refractivity contribution in [2.24, 2.45) is 0 Å². The molecule has 2 aromatic carbocycles. The first-order valence-corrected chi connectivity index (χ1v) is 9.98. The second-order valence-electron chi connectivity index (χ2n) is 6.66. The highest BCUT2D eigenvalue weighted by Crippen LogP contribution is 2.12. The van der Waals surface area contributed by atoms with Crippen LogP contribution in [0.15, 0.2) is 51.8 Å². The molecule has 0 heterocycles. The van der Waals surface area contributed by atoms with Crippen molar-refractivity contribution in [1.29, 1.82) is 0 Å². The monoisotopic (exact) mass is 422 g/mol. The molecule has 0 bridgehead atoms. The summed E-state index contributed by atoms with van der Waals surface area (Å²) in [5.74, 6) is 0. The lowest BCUT2D eigenvalue weighted by molar-refractivity contribution is 0.391. The highest BCUT2D eigenvalue weighted by Gasteiger charge is 1.96. The maximum atomic E-state index is 4.11. The van der Waals surface area contributed by atoms with Gasteiger partial charge in [-0.2, -0.15) is 0 Å². The first-order chi connectivity index (χ1) is 11.9. The van der Waals surface area contributed by atoms with Gasteiger partial charge in [-0.3, -0.25) is 0 Å². The lowest BCUT2D eigenvalue weighted by atomic mass is 10.1. The third kappa shape index (κ3) is 11.4. The maximum absolute atomic E-state index is 4.11. The van der Waals surface area contributed by atoms with Crippen LogP contribution < -0.4 is 5.32 Å². The molecule has 0 spiro atoms. The number of thiol groups is 1. The number of halogens is 1. The van der Waals surface area contributed by atoms with Gasteiger partial charge in [0.1, 0.15) is 0 Å². The number of hydrogen-bond donors (Lipinski definition) is 2. The molecule has 2 nitrogen and oxygen atoms in total. The van der Waals surface area contributed by atoms with Crippen molar-refractivity contribution in [2.75, 3.05) is 27.2 Å². The zero-order chi connectivity index (χ0) is 18.7. The maximum Gasteiger partial charge on any atom is 0.0205 e. The van der Waals surface area contributed by atoms with Crippen LogP contribution in [0.4, 0.5) is 0 Å². The third-order valence-electron chi connectivity index (χ3n) is 3.65. The summed E-state index contributed by atoms with van der Waals surface area (Å²) in [5, 5.41) is 3.51. The van der Waals surface area contributed by atoms with E-state index in [4.69, 9.17) is 0 Å². The smallest absolute Gasteiger partial charge is 0.0205 e. The number of benzene rings is 2. The second-order valence-corrected chi connectivity index (χ2v) is 8.09. The lowest BCUT2D eigenvalue weighted by Gasteiger charge is -2.10. The number of nitrogens with one attached hydrogen (secondary N) is 1. The molecule has 25 heavy (non-hydrogen) atoms. The number of hydrogen-bond acceptors (Lipinski definition) is 3. The van der Waals surface area contributed by atoms with Crippen LogP contribution >= 0.6 is 28.6 Å². The van der Waals surface area contributed by atoms with Gasteiger partial charge in [-0.25, -0.2) is 0 Å². The van der Waals surface area contributed by atoms with E-state index < -0.39 is 0 Å². The van der Waals surface area contributed by atoms with Gasteiger partial charge in [0.05, 0.1) is 0 Å². The van der Waals surface area contributed by atoms with Crippen LogP contribution in [0.5, 0.6) is 0 Å². The topological polar surface area (TPSA) is 15.3 Å². The molecule has 1 N–H and O–H groups in total. The van der Waals surface area contributed by atoms with Crippen molar-refractivity contribution in [3.05, 3.63) is 63.6 Å². The van der Waals surface area contributed by atoms with E-state index in [1.807, 2.05) is 24.3 Å². The van der Waals surface area contributed by atoms with Gasteiger partial charge < -0.3 is 10.2 Å². The summed E-state index contributed by atoms with van der Waals surface area (Å²) in [4.78, 5) is 3.23. The van der Waals surface area contributed by atoms with Gasteiger partial charge in [0.2, 0.25) is 0 Å². The van der Waals surface area contributed by atoms with Crippen molar-refractivity contribution in [3.63, 3.8) is 0 Å². The Hall–Kier alpha value is -0.810. The molecule has 138 valence electrons.